The average molecular weight is 335 g/mol. The van der Waals surface area contributed by atoms with E-state index >= 15 is 0 Å². The number of carbonyl (C=O) groups is 1. The number of hydrogen-bond acceptors (Lipinski definition) is 5. The highest BCUT2D eigenvalue weighted by atomic mass is 16.3. The Kier molecular flexibility index (Phi) is 3.51. The number of anilines is 2. The molecule has 0 saturated heterocycles. The van der Waals surface area contributed by atoms with E-state index in [-0.39, 0.29) is 11.6 Å². The quantitative estimate of drug-likeness (QED) is 0.669. The molecule has 3 aromatic rings. The summed E-state index contributed by atoms with van der Waals surface area (Å²) in [6.45, 7) is 3.82. The molecule has 0 radical (unpaired) electrons. The molecule has 2 aromatic heterocycles. The summed E-state index contributed by atoms with van der Waals surface area (Å²) in [5.41, 5.74) is 4.69. The molecule has 0 spiro atoms. The van der Waals surface area contributed by atoms with Gasteiger partial charge in [-0.25, -0.2) is 9.97 Å². The number of hydrogen-bond donors (Lipinski definition) is 3. The number of carbonyl (C=O) groups excluding carboxylic acids is 1. The number of nitrogens with zero attached hydrogens (tertiary/aromatic N) is 3. The molecular weight excluding hydrogens is 318 g/mol. The van der Waals surface area contributed by atoms with Crippen molar-refractivity contribution in [1.82, 2.24) is 14.4 Å². The van der Waals surface area contributed by atoms with Gasteiger partial charge in [0.2, 0.25) is 0 Å². The molecular formula is C18H17N5O2. The van der Waals surface area contributed by atoms with Gasteiger partial charge in [-0.05, 0) is 50.4 Å². The largest absolute Gasteiger partial charge is 0.384 e. The van der Waals surface area contributed by atoms with Crippen LogP contribution in [0.2, 0.25) is 0 Å². The summed E-state index contributed by atoms with van der Waals surface area (Å²) in [6, 6.07) is 7.27. The van der Waals surface area contributed by atoms with E-state index in [0.717, 1.165) is 17.1 Å². The summed E-state index contributed by atoms with van der Waals surface area (Å²) in [6.07, 6.45) is 4.23. The molecule has 0 fully saturated rings. The number of benzene rings is 1. The van der Waals surface area contributed by atoms with E-state index in [4.69, 9.17) is 0 Å². The van der Waals surface area contributed by atoms with Crippen LogP contribution in [0.1, 0.15) is 33.5 Å². The molecule has 1 amide bonds. The lowest BCUT2D eigenvalue weighted by molar-refractivity contribution is 0.102. The van der Waals surface area contributed by atoms with Gasteiger partial charge in [0, 0.05) is 28.3 Å². The number of aryl methyl sites for hydroxylation is 2. The molecule has 4 rings (SSSR count). The number of rotatable bonds is 2. The predicted octanol–water partition coefficient (Wildman–Crippen LogP) is 2.57. The smallest absolute Gasteiger partial charge is 0.278 e. The van der Waals surface area contributed by atoms with E-state index in [2.05, 4.69) is 20.6 Å². The first kappa shape index (κ1) is 15.3. The first-order valence-electron chi connectivity index (χ1n) is 7.91. The zero-order valence-electron chi connectivity index (χ0n) is 13.8. The van der Waals surface area contributed by atoms with Crippen LogP contribution in [0.5, 0.6) is 0 Å². The van der Waals surface area contributed by atoms with Gasteiger partial charge in [-0.2, -0.15) is 0 Å². The zero-order valence-corrected chi connectivity index (χ0v) is 13.8. The maximum atomic E-state index is 12.6. The molecule has 1 aliphatic heterocycles. The van der Waals surface area contributed by atoms with E-state index in [1.807, 2.05) is 26.0 Å². The number of nitrogens with one attached hydrogen (secondary N) is 2. The highest BCUT2D eigenvalue weighted by Gasteiger charge is 2.18. The second-order valence-electron chi connectivity index (χ2n) is 6.03. The van der Waals surface area contributed by atoms with Gasteiger partial charge in [-0.1, -0.05) is 0 Å². The fourth-order valence-corrected chi connectivity index (χ4v) is 2.98. The fraction of sp³-hybridized carbons (Fsp3) is 0.167. The van der Waals surface area contributed by atoms with E-state index in [9.17, 15) is 9.90 Å². The van der Waals surface area contributed by atoms with E-state index in [0.29, 0.717) is 16.9 Å². The molecule has 1 atom stereocenters. The van der Waals surface area contributed by atoms with Crippen LogP contribution >= 0.6 is 0 Å². The van der Waals surface area contributed by atoms with Crippen molar-refractivity contribution in [1.29, 1.82) is 0 Å². The SMILES string of the molecule is Cc1cc(C)n2cnc(C(=O)Nc3ccc4c(c3)C(O)C=CN4)c2n1. The van der Waals surface area contributed by atoms with Crippen LogP contribution in [0.25, 0.3) is 5.65 Å². The third-order valence-corrected chi connectivity index (χ3v) is 4.18. The van der Waals surface area contributed by atoms with Crippen LogP contribution in [0.4, 0.5) is 11.4 Å². The number of aliphatic hydroxyl groups is 1. The highest BCUT2D eigenvalue weighted by molar-refractivity contribution is 6.07. The van der Waals surface area contributed by atoms with Crippen molar-refractivity contribution in [3.63, 3.8) is 0 Å². The number of aliphatic hydroxyl groups excluding tert-OH is 1. The van der Waals surface area contributed by atoms with Crippen molar-refractivity contribution in [3.8, 4) is 0 Å². The summed E-state index contributed by atoms with van der Waals surface area (Å²) in [5, 5.41) is 15.9. The lowest BCUT2D eigenvalue weighted by atomic mass is 10.0. The van der Waals surface area contributed by atoms with Gasteiger partial charge in [0.15, 0.2) is 11.3 Å². The van der Waals surface area contributed by atoms with Crippen molar-refractivity contribution in [2.24, 2.45) is 0 Å². The lowest BCUT2D eigenvalue weighted by Crippen LogP contribution is -2.14. The second-order valence-corrected chi connectivity index (χ2v) is 6.03. The molecule has 0 saturated carbocycles. The summed E-state index contributed by atoms with van der Waals surface area (Å²) in [5.74, 6) is -0.339. The molecule has 0 aliphatic carbocycles. The van der Waals surface area contributed by atoms with Gasteiger partial charge in [-0.15, -0.1) is 0 Å². The zero-order chi connectivity index (χ0) is 17.6. The number of aromatic nitrogens is 3. The number of fused-ring (bicyclic) bond motifs is 2. The first-order valence-corrected chi connectivity index (χ1v) is 7.91. The standard InChI is InChI=1S/C18H17N5O2/c1-10-7-11(2)23-9-20-16(17(23)21-10)18(25)22-12-3-4-14-13(8-12)15(24)5-6-19-14/h3-9,15,19,24H,1-2H3,(H,22,25). The Balaban J connectivity index is 1.66. The van der Waals surface area contributed by atoms with Crippen molar-refractivity contribution in [2.45, 2.75) is 20.0 Å². The maximum absolute atomic E-state index is 12.6. The van der Waals surface area contributed by atoms with Gasteiger partial charge >= 0.3 is 0 Å². The molecule has 0 bridgehead atoms. The average Bonchev–Trinajstić information content (AvgIpc) is 3.00. The molecule has 25 heavy (non-hydrogen) atoms. The minimum atomic E-state index is -0.700. The number of amides is 1. The van der Waals surface area contributed by atoms with Gasteiger partial charge in [0.25, 0.3) is 5.91 Å². The van der Waals surface area contributed by atoms with Gasteiger partial charge < -0.3 is 15.7 Å². The number of imidazole rings is 1. The van der Waals surface area contributed by atoms with E-state index < -0.39 is 6.10 Å². The van der Waals surface area contributed by atoms with Crippen molar-refractivity contribution >= 4 is 22.9 Å². The molecule has 3 N–H and O–H groups in total. The first-order chi connectivity index (χ1) is 12.0. The van der Waals surface area contributed by atoms with Crippen LogP contribution in [-0.2, 0) is 0 Å². The molecule has 1 aromatic carbocycles. The van der Waals surface area contributed by atoms with Gasteiger partial charge in [0.05, 0.1) is 0 Å². The Morgan fingerprint density at radius 2 is 2.16 bits per heavy atom. The Morgan fingerprint density at radius 1 is 1.32 bits per heavy atom. The Morgan fingerprint density at radius 3 is 3.00 bits per heavy atom. The van der Waals surface area contributed by atoms with Gasteiger partial charge in [0.1, 0.15) is 12.4 Å². The third-order valence-electron chi connectivity index (χ3n) is 4.18. The van der Waals surface area contributed by atoms with Crippen molar-refractivity contribution in [3.05, 3.63) is 65.5 Å². The summed E-state index contributed by atoms with van der Waals surface area (Å²) < 4.78 is 1.78. The Hall–Kier alpha value is -3.19. The third kappa shape index (κ3) is 2.64. The van der Waals surface area contributed by atoms with Crippen LogP contribution in [0, 0.1) is 13.8 Å². The van der Waals surface area contributed by atoms with Crippen LogP contribution < -0.4 is 10.6 Å². The van der Waals surface area contributed by atoms with Crippen LogP contribution in [0.3, 0.4) is 0 Å². The topological polar surface area (TPSA) is 91.6 Å². The van der Waals surface area contributed by atoms with Crippen LogP contribution in [0.15, 0.2) is 42.9 Å². The molecule has 1 unspecified atom stereocenters. The fourth-order valence-electron chi connectivity index (χ4n) is 2.98. The summed E-state index contributed by atoms with van der Waals surface area (Å²) in [7, 11) is 0. The van der Waals surface area contributed by atoms with E-state index in [1.54, 1.807) is 35.1 Å². The Labute approximate surface area is 144 Å². The predicted molar refractivity (Wildman–Crippen MR) is 94.6 cm³/mol. The van der Waals surface area contributed by atoms with Crippen LogP contribution in [-0.4, -0.2) is 25.4 Å². The minimum absolute atomic E-state index is 0.267. The van der Waals surface area contributed by atoms with Gasteiger partial charge in [-0.3, -0.25) is 9.20 Å². The highest BCUT2D eigenvalue weighted by Crippen LogP contribution is 2.30. The second kappa shape index (κ2) is 5.71. The van der Waals surface area contributed by atoms with Crippen molar-refractivity contribution in [2.75, 3.05) is 10.6 Å². The van der Waals surface area contributed by atoms with E-state index in [1.165, 1.54) is 0 Å². The lowest BCUT2D eigenvalue weighted by Gasteiger charge is -2.18. The molecule has 1 aliphatic rings. The summed E-state index contributed by atoms with van der Waals surface area (Å²) in [4.78, 5) is 21.3. The monoisotopic (exact) mass is 335 g/mol. The molecule has 126 valence electrons. The molecule has 7 heteroatoms. The Bertz CT molecular complexity index is 1020. The molecule has 3 heterocycles. The summed E-state index contributed by atoms with van der Waals surface area (Å²) >= 11 is 0. The minimum Gasteiger partial charge on any atom is -0.384 e. The normalized spacial score (nSPS) is 15.7. The van der Waals surface area contributed by atoms with Crippen molar-refractivity contribution < 1.29 is 9.90 Å². The molecule has 7 nitrogen and oxygen atoms in total. The maximum Gasteiger partial charge on any atom is 0.278 e.